The molecule has 1 rings (SSSR count). The summed E-state index contributed by atoms with van der Waals surface area (Å²) >= 11 is 0. The molecule has 1 heterocycles. The number of amides is 1. The van der Waals surface area contributed by atoms with Crippen LogP contribution in [0.3, 0.4) is 0 Å². The largest absolute Gasteiger partial charge is 0.480 e. The zero-order valence-corrected chi connectivity index (χ0v) is 8.27. The molecule has 1 fully saturated rings. The third-order valence-electron chi connectivity index (χ3n) is 2.52. The van der Waals surface area contributed by atoms with E-state index < -0.39 is 29.9 Å². The van der Waals surface area contributed by atoms with Gasteiger partial charge in [0.2, 0.25) is 0 Å². The maximum Gasteiger partial charge on any atom is 0.413 e. The molecular formula is C8H13NO5. The number of rotatable bonds is 2. The minimum absolute atomic E-state index is 0.574. The summed E-state index contributed by atoms with van der Waals surface area (Å²) in [4.78, 5) is 22.4. The minimum Gasteiger partial charge on any atom is -0.480 e. The van der Waals surface area contributed by atoms with Crippen molar-refractivity contribution in [3.8, 4) is 0 Å². The SMILES string of the molecule is CC1(C)OC(=O)N(CC(=O)O)C1(C)O. The second-order valence-corrected chi connectivity index (χ2v) is 3.88. The van der Waals surface area contributed by atoms with Crippen molar-refractivity contribution in [2.24, 2.45) is 0 Å². The molecule has 0 bridgehead atoms. The molecule has 1 saturated heterocycles. The molecule has 6 nitrogen and oxygen atoms in total. The first-order valence-electron chi connectivity index (χ1n) is 4.13. The van der Waals surface area contributed by atoms with Gasteiger partial charge in [0.05, 0.1) is 0 Å². The Morgan fingerprint density at radius 2 is 2.00 bits per heavy atom. The summed E-state index contributed by atoms with van der Waals surface area (Å²) < 4.78 is 4.85. The van der Waals surface area contributed by atoms with Crippen LogP contribution in [-0.4, -0.2) is 45.0 Å². The molecule has 0 saturated carbocycles. The number of aliphatic hydroxyl groups is 1. The van der Waals surface area contributed by atoms with Crippen molar-refractivity contribution in [1.29, 1.82) is 0 Å². The van der Waals surface area contributed by atoms with Gasteiger partial charge >= 0.3 is 12.1 Å². The fraction of sp³-hybridized carbons (Fsp3) is 0.750. The number of carbonyl (C=O) groups excluding carboxylic acids is 1. The molecule has 0 aromatic carbocycles. The Morgan fingerprint density at radius 3 is 2.29 bits per heavy atom. The highest BCUT2D eigenvalue weighted by molar-refractivity contribution is 5.79. The summed E-state index contributed by atoms with van der Waals surface area (Å²) in [7, 11) is 0. The van der Waals surface area contributed by atoms with Gasteiger partial charge in [-0.25, -0.2) is 4.79 Å². The highest BCUT2D eigenvalue weighted by Crippen LogP contribution is 2.36. The molecule has 0 spiro atoms. The molecule has 0 radical (unpaired) electrons. The van der Waals surface area contributed by atoms with Crippen LogP contribution < -0.4 is 0 Å². The quantitative estimate of drug-likeness (QED) is 0.660. The van der Waals surface area contributed by atoms with Crippen molar-refractivity contribution >= 4 is 12.1 Å². The van der Waals surface area contributed by atoms with E-state index in [0.29, 0.717) is 0 Å². The molecule has 1 aliphatic rings. The molecule has 6 heteroatoms. The average molecular weight is 203 g/mol. The second-order valence-electron chi connectivity index (χ2n) is 3.88. The number of hydrogen-bond acceptors (Lipinski definition) is 4. The molecule has 1 atom stereocenters. The number of carboxylic acid groups (broad SMARTS) is 1. The van der Waals surface area contributed by atoms with Crippen molar-refractivity contribution in [1.82, 2.24) is 4.90 Å². The normalized spacial score (nSPS) is 30.3. The molecule has 1 unspecified atom stereocenters. The Kier molecular flexibility index (Phi) is 2.19. The van der Waals surface area contributed by atoms with Gasteiger partial charge in [-0.3, -0.25) is 9.69 Å². The Balaban J connectivity index is 2.96. The maximum absolute atomic E-state index is 11.2. The van der Waals surface area contributed by atoms with Gasteiger partial charge in [-0.1, -0.05) is 0 Å². The van der Waals surface area contributed by atoms with Gasteiger partial charge in [0.1, 0.15) is 6.54 Å². The molecule has 14 heavy (non-hydrogen) atoms. The third kappa shape index (κ3) is 1.41. The second kappa shape index (κ2) is 2.84. The van der Waals surface area contributed by atoms with Crippen molar-refractivity contribution in [3.05, 3.63) is 0 Å². The highest BCUT2D eigenvalue weighted by Gasteiger charge is 2.56. The van der Waals surface area contributed by atoms with Crippen LogP contribution in [-0.2, 0) is 9.53 Å². The number of hydrogen-bond donors (Lipinski definition) is 2. The number of carbonyl (C=O) groups is 2. The molecular weight excluding hydrogens is 190 g/mol. The van der Waals surface area contributed by atoms with Crippen LogP contribution >= 0.6 is 0 Å². The summed E-state index contributed by atoms with van der Waals surface area (Å²) in [6, 6.07) is 0. The van der Waals surface area contributed by atoms with Crippen molar-refractivity contribution in [2.75, 3.05) is 6.54 Å². The lowest BCUT2D eigenvalue weighted by atomic mass is 9.96. The van der Waals surface area contributed by atoms with Crippen molar-refractivity contribution in [3.63, 3.8) is 0 Å². The van der Waals surface area contributed by atoms with Crippen LogP contribution in [0.25, 0.3) is 0 Å². The molecule has 2 N–H and O–H groups in total. The third-order valence-corrected chi connectivity index (χ3v) is 2.52. The van der Waals surface area contributed by atoms with Gasteiger partial charge < -0.3 is 14.9 Å². The first-order chi connectivity index (χ1) is 6.18. The molecule has 0 aliphatic carbocycles. The summed E-state index contributed by atoms with van der Waals surface area (Å²) in [5.74, 6) is -1.19. The van der Waals surface area contributed by atoms with E-state index in [-0.39, 0.29) is 0 Å². The smallest absolute Gasteiger partial charge is 0.413 e. The predicted molar refractivity (Wildman–Crippen MR) is 45.5 cm³/mol. The van der Waals surface area contributed by atoms with Gasteiger partial charge in [0, 0.05) is 0 Å². The summed E-state index contributed by atoms with van der Waals surface area (Å²) in [6.45, 7) is 3.82. The van der Waals surface area contributed by atoms with Crippen LogP contribution in [0.4, 0.5) is 4.79 Å². The Bertz CT molecular complexity index is 283. The standard InChI is InChI=1S/C8H13NO5/c1-7(2)8(3,13)9(4-5(10)11)6(12)14-7/h13H,4H2,1-3H3,(H,10,11). The Labute approximate surface area is 81.1 Å². The van der Waals surface area contributed by atoms with Crippen LogP contribution in [0, 0.1) is 0 Å². The lowest BCUT2D eigenvalue weighted by Crippen LogP contribution is -2.54. The topological polar surface area (TPSA) is 87.1 Å². The molecule has 1 aliphatic heterocycles. The van der Waals surface area contributed by atoms with Gasteiger partial charge in [-0.05, 0) is 20.8 Å². The van der Waals surface area contributed by atoms with Gasteiger partial charge in [-0.15, -0.1) is 0 Å². The van der Waals surface area contributed by atoms with E-state index in [1.807, 2.05) is 0 Å². The summed E-state index contributed by atoms with van der Waals surface area (Å²) in [5, 5.41) is 18.5. The van der Waals surface area contributed by atoms with Gasteiger partial charge in [0.25, 0.3) is 0 Å². The van der Waals surface area contributed by atoms with E-state index in [0.717, 1.165) is 4.90 Å². The highest BCUT2D eigenvalue weighted by atomic mass is 16.6. The van der Waals surface area contributed by atoms with Crippen LogP contribution in [0.5, 0.6) is 0 Å². The minimum atomic E-state index is -1.61. The molecule has 80 valence electrons. The van der Waals surface area contributed by atoms with Crippen molar-refractivity contribution < 1.29 is 24.5 Å². The Morgan fingerprint density at radius 1 is 1.50 bits per heavy atom. The van der Waals surface area contributed by atoms with Crippen molar-refractivity contribution in [2.45, 2.75) is 32.1 Å². The fourth-order valence-electron chi connectivity index (χ4n) is 1.23. The average Bonchev–Trinajstić information content (AvgIpc) is 2.09. The van der Waals surface area contributed by atoms with Crippen LogP contribution in [0.2, 0.25) is 0 Å². The van der Waals surface area contributed by atoms with E-state index in [9.17, 15) is 14.7 Å². The zero-order valence-electron chi connectivity index (χ0n) is 8.27. The van der Waals surface area contributed by atoms with Gasteiger partial charge in [0.15, 0.2) is 11.3 Å². The maximum atomic E-state index is 11.2. The van der Waals surface area contributed by atoms with E-state index in [4.69, 9.17) is 9.84 Å². The summed E-state index contributed by atoms with van der Waals surface area (Å²) in [6.07, 6.45) is -0.817. The monoisotopic (exact) mass is 203 g/mol. The first kappa shape index (κ1) is 10.8. The number of ether oxygens (including phenoxy) is 1. The van der Waals surface area contributed by atoms with Crippen LogP contribution in [0.15, 0.2) is 0 Å². The fourth-order valence-corrected chi connectivity index (χ4v) is 1.23. The van der Waals surface area contributed by atoms with E-state index in [2.05, 4.69) is 0 Å². The number of cyclic esters (lactones) is 1. The zero-order chi connectivity index (χ0) is 11.1. The number of aliphatic carboxylic acids is 1. The van der Waals surface area contributed by atoms with Gasteiger partial charge in [-0.2, -0.15) is 0 Å². The van der Waals surface area contributed by atoms with E-state index >= 15 is 0 Å². The lowest BCUT2D eigenvalue weighted by Gasteiger charge is -2.33. The number of nitrogens with zero attached hydrogens (tertiary/aromatic N) is 1. The molecule has 0 aromatic rings. The predicted octanol–water partition coefficient (Wildman–Crippen LogP) is 0.0103. The lowest BCUT2D eigenvalue weighted by molar-refractivity contribution is -0.150. The van der Waals surface area contributed by atoms with Crippen LogP contribution in [0.1, 0.15) is 20.8 Å². The summed E-state index contributed by atoms with van der Waals surface area (Å²) in [5.41, 5.74) is -2.72. The number of carboxylic acids is 1. The molecule has 0 aromatic heterocycles. The first-order valence-corrected chi connectivity index (χ1v) is 4.13. The van der Waals surface area contributed by atoms with E-state index in [1.165, 1.54) is 20.8 Å². The van der Waals surface area contributed by atoms with E-state index in [1.54, 1.807) is 0 Å². The Hall–Kier alpha value is -1.30. The molecule has 1 amide bonds.